The number of aryl methyl sites for hydroxylation is 3. The fraction of sp³-hybridized carbons (Fsp3) is 0.167. The maximum atomic E-state index is 13.9. The van der Waals surface area contributed by atoms with Gasteiger partial charge in [-0.3, -0.25) is 0 Å². The smallest absolute Gasteiger partial charge is 0.129 e. The largest absolute Gasteiger partial charge is 0.248 e. The van der Waals surface area contributed by atoms with Crippen LogP contribution in [0.5, 0.6) is 0 Å². The molecule has 0 aliphatic heterocycles. The first kappa shape index (κ1) is 12.8. The van der Waals surface area contributed by atoms with E-state index in [-0.39, 0.29) is 5.82 Å². The van der Waals surface area contributed by atoms with E-state index in [0.717, 1.165) is 22.2 Å². The minimum Gasteiger partial charge on any atom is -0.248 e. The molecule has 100 valence electrons. The number of pyridine rings is 1. The second kappa shape index (κ2) is 4.71. The Balaban J connectivity index is 2.23. The Morgan fingerprint density at radius 1 is 0.950 bits per heavy atom. The van der Waals surface area contributed by atoms with Crippen LogP contribution in [0.3, 0.4) is 0 Å². The number of hydrogen-bond donors (Lipinski definition) is 0. The fourth-order valence-corrected chi connectivity index (χ4v) is 2.55. The third-order valence-electron chi connectivity index (χ3n) is 3.67. The number of aromatic nitrogens is 1. The molecule has 0 spiro atoms. The van der Waals surface area contributed by atoms with E-state index >= 15 is 0 Å². The summed E-state index contributed by atoms with van der Waals surface area (Å²) < 4.78 is 13.9. The first-order chi connectivity index (χ1) is 9.56. The molecule has 20 heavy (non-hydrogen) atoms. The molecule has 0 saturated heterocycles. The SMILES string of the molecule is Cc1cccc(-c2ccc3c(C)c(F)c(C)cc3n2)c1. The summed E-state index contributed by atoms with van der Waals surface area (Å²) in [6, 6.07) is 14.0. The molecule has 3 rings (SSSR count). The van der Waals surface area contributed by atoms with Gasteiger partial charge in [0, 0.05) is 10.9 Å². The normalized spacial score (nSPS) is 11.0. The highest BCUT2D eigenvalue weighted by atomic mass is 19.1. The Kier molecular flexibility index (Phi) is 3.01. The summed E-state index contributed by atoms with van der Waals surface area (Å²) in [6.07, 6.45) is 0. The minimum atomic E-state index is -0.136. The van der Waals surface area contributed by atoms with Crippen molar-refractivity contribution in [1.29, 1.82) is 0 Å². The van der Waals surface area contributed by atoms with E-state index in [2.05, 4.69) is 24.0 Å². The fourth-order valence-electron chi connectivity index (χ4n) is 2.55. The molecule has 0 aliphatic rings. The van der Waals surface area contributed by atoms with Crippen molar-refractivity contribution in [2.24, 2.45) is 0 Å². The van der Waals surface area contributed by atoms with Crippen LogP contribution in [-0.2, 0) is 0 Å². The van der Waals surface area contributed by atoms with Crippen LogP contribution in [0.15, 0.2) is 42.5 Å². The molecular formula is C18H16FN. The molecule has 0 bridgehead atoms. The molecule has 0 atom stereocenters. The Morgan fingerprint density at radius 3 is 2.50 bits per heavy atom. The Bertz CT molecular complexity index is 806. The highest BCUT2D eigenvalue weighted by molar-refractivity contribution is 5.85. The number of halogens is 1. The van der Waals surface area contributed by atoms with E-state index in [1.54, 1.807) is 13.8 Å². The maximum Gasteiger partial charge on any atom is 0.129 e. The van der Waals surface area contributed by atoms with E-state index in [1.807, 2.05) is 30.3 Å². The van der Waals surface area contributed by atoms with Gasteiger partial charge in [-0.05, 0) is 50.1 Å². The van der Waals surface area contributed by atoms with Crippen LogP contribution < -0.4 is 0 Å². The van der Waals surface area contributed by atoms with Gasteiger partial charge >= 0.3 is 0 Å². The molecule has 1 heterocycles. The predicted octanol–water partition coefficient (Wildman–Crippen LogP) is 4.97. The van der Waals surface area contributed by atoms with Crippen LogP contribution >= 0.6 is 0 Å². The lowest BCUT2D eigenvalue weighted by atomic mass is 10.0. The van der Waals surface area contributed by atoms with Gasteiger partial charge in [0.15, 0.2) is 0 Å². The average molecular weight is 265 g/mol. The molecule has 1 aromatic heterocycles. The van der Waals surface area contributed by atoms with Gasteiger partial charge in [-0.1, -0.05) is 29.8 Å². The minimum absolute atomic E-state index is 0.136. The van der Waals surface area contributed by atoms with Crippen LogP contribution in [0.25, 0.3) is 22.2 Å². The van der Waals surface area contributed by atoms with Crippen molar-refractivity contribution >= 4 is 10.9 Å². The van der Waals surface area contributed by atoms with Crippen LogP contribution in [-0.4, -0.2) is 4.98 Å². The zero-order valence-corrected chi connectivity index (χ0v) is 11.9. The molecule has 0 fully saturated rings. The second-order valence-electron chi connectivity index (χ2n) is 5.27. The maximum absolute atomic E-state index is 13.9. The zero-order chi connectivity index (χ0) is 14.3. The van der Waals surface area contributed by atoms with E-state index < -0.39 is 0 Å². The summed E-state index contributed by atoms with van der Waals surface area (Å²) in [5, 5.41) is 0.879. The van der Waals surface area contributed by atoms with E-state index in [4.69, 9.17) is 0 Å². The quantitative estimate of drug-likeness (QED) is 0.605. The summed E-state index contributed by atoms with van der Waals surface area (Å²) in [7, 11) is 0. The van der Waals surface area contributed by atoms with Crippen molar-refractivity contribution in [3.8, 4) is 11.3 Å². The molecule has 3 aromatic rings. The monoisotopic (exact) mass is 265 g/mol. The van der Waals surface area contributed by atoms with Gasteiger partial charge in [-0.25, -0.2) is 9.37 Å². The third kappa shape index (κ3) is 2.07. The molecule has 0 unspecified atom stereocenters. The summed E-state index contributed by atoms with van der Waals surface area (Å²) in [5.41, 5.74) is 5.38. The van der Waals surface area contributed by atoms with Gasteiger partial charge in [0.1, 0.15) is 5.82 Å². The second-order valence-corrected chi connectivity index (χ2v) is 5.27. The summed E-state index contributed by atoms with van der Waals surface area (Å²) in [6.45, 7) is 5.65. The number of rotatable bonds is 1. The van der Waals surface area contributed by atoms with Gasteiger partial charge in [-0.2, -0.15) is 0 Å². The summed E-state index contributed by atoms with van der Waals surface area (Å²) in [4.78, 5) is 4.68. The third-order valence-corrected chi connectivity index (χ3v) is 3.67. The first-order valence-electron chi connectivity index (χ1n) is 6.70. The highest BCUT2D eigenvalue weighted by Gasteiger charge is 2.09. The van der Waals surface area contributed by atoms with Crippen molar-refractivity contribution in [3.05, 3.63) is 65.0 Å². The van der Waals surface area contributed by atoms with Gasteiger partial charge in [0.2, 0.25) is 0 Å². The molecule has 0 saturated carbocycles. The Morgan fingerprint density at radius 2 is 1.75 bits per heavy atom. The van der Waals surface area contributed by atoms with Crippen LogP contribution in [0.4, 0.5) is 4.39 Å². The van der Waals surface area contributed by atoms with Crippen molar-refractivity contribution in [3.63, 3.8) is 0 Å². The molecule has 0 amide bonds. The first-order valence-corrected chi connectivity index (χ1v) is 6.70. The van der Waals surface area contributed by atoms with E-state index in [9.17, 15) is 4.39 Å². The van der Waals surface area contributed by atoms with Crippen molar-refractivity contribution in [2.75, 3.05) is 0 Å². The molecule has 0 N–H and O–H groups in total. The van der Waals surface area contributed by atoms with Gasteiger partial charge < -0.3 is 0 Å². The standard InChI is InChI=1S/C18H16FN/c1-11-5-4-6-14(9-11)16-8-7-15-13(3)18(19)12(2)10-17(15)20-16/h4-10H,1-3H3. The van der Waals surface area contributed by atoms with Crippen LogP contribution in [0.2, 0.25) is 0 Å². The predicted molar refractivity (Wildman–Crippen MR) is 81.3 cm³/mol. The number of hydrogen-bond acceptors (Lipinski definition) is 1. The number of benzene rings is 2. The molecule has 0 radical (unpaired) electrons. The molecule has 0 aliphatic carbocycles. The molecular weight excluding hydrogens is 249 g/mol. The average Bonchev–Trinajstić information content (AvgIpc) is 2.44. The van der Waals surface area contributed by atoms with E-state index in [1.165, 1.54) is 5.56 Å². The lowest BCUT2D eigenvalue weighted by molar-refractivity contribution is 0.611. The zero-order valence-electron chi connectivity index (χ0n) is 11.9. The lowest BCUT2D eigenvalue weighted by Crippen LogP contribution is -1.93. The summed E-state index contributed by atoms with van der Waals surface area (Å²) >= 11 is 0. The highest BCUT2D eigenvalue weighted by Crippen LogP contribution is 2.26. The summed E-state index contributed by atoms with van der Waals surface area (Å²) in [5.74, 6) is -0.136. The van der Waals surface area contributed by atoms with Gasteiger partial charge in [-0.15, -0.1) is 0 Å². The van der Waals surface area contributed by atoms with Crippen molar-refractivity contribution < 1.29 is 4.39 Å². The lowest BCUT2D eigenvalue weighted by Gasteiger charge is -2.08. The van der Waals surface area contributed by atoms with Crippen LogP contribution in [0.1, 0.15) is 16.7 Å². The number of nitrogens with zero attached hydrogens (tertiary/aromatic N) is 1. The van der Waals surface area contributed by atoms with Gasteiger partial charge in [0.25, 0.3) is 0 Å². The molecule has 2 aromatic carbocycles. The van der Waals surface area contributed by atoms with Crippen molar-refractivity contribution in [1.82, 2.24) is 4.98 Å². The Labute approximate surface area is 118 Å². The topological polar surface area (TPSA) is 12.9 Å². The Hall–Kier alpha value is -2.22. The van der Waals surface area contributed by atoms with Gasteiger partial charge in [0.05, 0.1) is 11.2 Å². The van der Waals surface area contributed by atoms with Crippen molar-refractivity contribution in [2.45, 2.75) is 20.8 Å². The van der Waals surface area contributed by atoms with Crippen LogP contribution in [0, 0.1) is 26.6 Å². The molecule has 2 heteroatoms. The van der Waals surface area contributed by atoms with E-state index in [0.29, 0.717) is 11.1 Å². The molecule has 1 nitrogen and oxygen atoms in total. The number of fused-ring (bicyclic) bond motifs is 1.